The zero-order valence-corrected chi connectivity index (χ0v) is 14.4. The summed E-state index contributed by atoms with van der Waals surface area (Å²) < 4.78 is 14.2. The Hall–Kier alpha value is -1.93. The first-order valence-electron chi connectivity index (χ1n) is 6.54. The second-order valence-electron chi connectivity index (χ2n) is 4.63. The van der Waals surface area contributed by atoms with Crippen molar-refractivity contribution in [1.29, 1.82) is 0 Å². The van der Waals surface area contributed by atoms with Gasteiger partial charge in [-0.05, 0) is 43.3 Å². The van der Waals surface area contributed by atoms with E-state index in [9.17, 15) is 19.3 Å². The van der Waals surface area contributed by atoms with E-state index in [2.05, 4.69) is 21.2 Å². The van der Waals surface area contributed by atoms with E-state index >= 15 is 0 Å². The van der Waals surface area contributed by atoms with Crippen LogP contribution in [0, 0.1) is 15.9 Å². The smallest absolute Gasteiger partial charge is 0.306 e. The van der Waals surface area contributed by atoms with Crippen molar-refractivity contribution >= 4 is 45.0 Å². The standard InChI is InChI=1S/C15H12BrFN2O3S/c1-9(23-12-5-2-10(16)3-6-12)15(20)18-11-4-7-13(17)14(8-11)19(21)22/h2-9H,1H3,(H,18,20). The van der Waals surface area contributed by atoms with E-state index in [-0.39, 0.29) is 11.6 Å². The van der Waals surface area contributed by atoms with Gasteiger partial charge in [0.2, 0.25) is 11.7 Å². The third kappa shape index (κ3) is 4.77. The Balaban J connectivity index is 2.04. The van der Waals surface area contributed by atoms with Crippen molar-refractivity contribution in [3.05, 3.63) is 62.9 Å². The lowest BCUT2D eigenvalue weighted by Crippen LogP contribution is -2.22. The predicted molar refractivity (Wildman–Crippen MR) is 91.1 cm³/mol. The molecule has 0 saturated carbocycles. The number of thioether (sulfide) groups is 1. The number of nitrogens with one attached hydrogen (secondary N) is 1. The van der Waals surface area contributed by atoms with E-state index in [4.69, 9.17) is 0 Å². The molecule has 0 fully saturated rings. The average Bonchev–Trinajstić information content (AvgIpc) is 2.51. The number of nitro groups is 1. The fraction of sp³-hybridized carbons (Fsp3) is 0.133. The van der Waals surface area contributed by atoms with Crippen LogP contribution in [0.3, 0.4) is 0 Å². The number of nitro benzene ring substituents is 1. The van der Waals surface area contributed by atoms with Crippen LogP contribution >= 0.6 is 27.7 Å². The molecule has 0 bridgehead atoms. The summed E-state index contributed by atoms with van der Waals surface area (Å²) in [6.45, 7) is 1.72. The lowest BCUT2D eigenvalue weighted by molar-refractivity contribution is -0.387. The highest BCUT2D eigenvalue weighted by atomic mass is 79.9. The first kappa shape index (κ1) is 17.4. The van der Waals surface area contributed by atoms with Crippen molar-refractivity contribution < 1.29 is 14.1 Å². The molecular formula is C15H12BrFN2O3S. The minimum Gasteiger partial charge on any atom is -0.325 e. The number of carbonyl (C=O) groups excluding carboxylic acids is 1. The monoisotopic (exact) mass is 398 g/mol. The lowest BCUT2D eigenvalue weighted by atomic mass is 10.2. The second-order valence-corrected chi connectivity index (χ2v) is 6.96. The highest BCUT2D eigenvalue weighted by molar-refractivity contribution is 9.10. The van der Waals surface area contributed by atoms with Gasteiger partial charge in [0.15, 0.2) is 0 Å². The Morgan fingerprint density at radius 3 is 2.57 bits per heavy atom. The minimum absolute atomic E-state index is 0.186. The summed E-state index contributed by atoms with van der Waals surface area (Å²) in [6, 6.07) is 10.7. The second kappa shape index (κ2) is 7.56. The van der Waals surface area contributed by atoms with Crippen LogP contribution in [0.25, 0.3) is 0 Å². The van der Waals surface area contributed by atoms with E-state index < -0.39 is 21.7 Å². The number of nitrogens with zero attached hydrogens (tertiary/aromatic N) is 1. The number of benzene rings is 2. The number of hydrogen-bond donors (Lipinski definition) is 1. The molecule has 2 aromatic rings. The van der Waals surface area contributed by atoms with Crippen LogP contribution in [0.15, 0.2) is 51.8 Å². The van der Waals surface area contributed by atoms with Gasteiger partial charge in [-0.1, -0.05) is 15.9 Å². The Bertz CT molecular complexity index is 740. The van der Waals surface area contributed by atoms with Gasteiger partial charge in [-0.25, -0.2) is 0 Å². The van der Waals surface area contributed by atoms with Crippen LogP contribution in [0.1, 0.15) is 6.92 Å². The molecule has 2 rings (SSSR count). The molecule has 120 valence electrons. The predicted octanol–water partition coefficient (Wildman–Crippen LogP) is 4.62. The largest absolute Gasteiger partial charge is 0.325 e. The fourth-order valence-corrected chi connectivity index (χ4v) is 2.88. The van der Waals surface area contributed by atoms with Crippen LogP contribution in [0.4, 0.5) is 15.8 Å². The Morgan fingerprint density at radius 2 is 1.96 bits per heavy atom. The van der Waals surface area contributed by atoms with Crippen molar-refractivity contribution in [2.45, 2.75) is 17.1 Å². The SMILES string of the molecule is CC(Sc1ccc(Br)cc1)C(=O)Nc1ccc(F)c([N+](=O)[O-])c1. The molecule has 0 radical (unpaired) electrons. The van der Waals surface area contributed by atoms with Gasteiger partial charge in [0.05, 0.1) is 10.2 Å². The first-order valence-corrected chi connectivity index (χ1v) is 8.21. The first-order chi connectivity index (χ1) is 10.9. The fourth-order valence-electron chi connectivity index (χ4n) is 1.75. The normalized spacial score (nSPS) is 11.8. The topological polar surface area (TPSA) is 72.2 Å². The molecule has 0 aliphatic rings. The van der Waals surface area contributed by atoms with Crippen molar-refractivity contribution in [1.82, 2.24) is 0 Å². The highest BCUT2D eigenvalue weighted by Gasteiger charge is 2.18. The molecule has 1 unspecified atom stereocenters. The molecule has 0 saturated heterocycles. The molecule has 1 atom stereocenters. The van der Waals surface area contributed by atoms with E-state index in [0.717, 1.165) is 21.5 Å². The maximum atomic E-state index is 13.3. The molecule has 1 N–H and O–H groups in total. The lowest BCUT2D eigenvalue weighted by Gasteiger charge is -2.12. The molecule has 8 heteroatoms. The molecule has 0 aliphatic heterocycles. The van der Waals surface area contributed by atoms with Crippen LogP contribution < -0.4 is 5.32 Å². The molecule has 5 nitrogen and oxygen atoms in total. The summed E-state index contributed by atoms with van der Waals surface area (Å²) in [5.41, 5.74) is -0.484. The molecule has 0 heterocycles. The maximum absolute atomic E-state index is 13.3. The van der Waals surface area contributed by atoms with E-state index in [1.165, 1.54) is 17.8 Å². The van der Waals surface area contributed by atoms with E-state index in [1.54, 1.807) is 6.92 Å². The summed E-state index contributed by atoms with van der Waals surface area (Å²) in [4.78, 5) is 22.9. The van der Waals surface area contributed by atoms with E-state index in [0.29, 0.717) is 0 Å². The van der Waals surface area contributed by atoms with Crippen LogP contribution in [0.2, 0.25) is 0 Å². The van der Waals surface area contributed by atoms with Crippen LogP contribution in [-0.4, -0.2) is 16.1 Å². The number of anilines is 1. The Kier molecular flexibility index (Phi) is 5.73. The van der Waals surface area contributed by atoms with Crippen LogP contribution in [-0.2, 0) is 4.79 Å². The summed E-state index contributed by atoms with van der Waals surface area (Å²) >= 11 is 4.69. The zero-order valence-electron chi connectivity index (χ0n) is 12.0. The highest BCUT2D eigenvalue weighted by Crippen LogP contribution is 2.27. The average molecular weight is 399 g/mol. The summed E-state index contributed by atoms with van der Waals surface area (Å²) in [5, 5.41) is 12.8. The van der Waals surface area contributed by atoms with Gasteiger partial charge in [-0.15, -0.1) is 11.8 Å². The van der Waals surface area contributed by atoms with Crippen molar-refractivity contribution in [2.75, 3.05) is 5.32 Å². The summed E-state index contributed by atoms with van der Waals surface area (Å²) in [7, 11) is 0. The van der Waals surface area contributed by atoms with Gasteiger partial charge >= 0.3 is 5.69 Å². The molecular weight excluding hydrogens is 387 g/mol. The Labute approximate surface area is 144 Å². The third-order valence-corrected chi connectivity index (χ3v) is 4.55. The Morgan fingerprint density at radius 1 is 1.30 bits per heavy atom. The molecule has 0 aromatic heterocycles. The molecule has 0 spiro atoms. The van der Waals surface area contributed by atoms with Crippen molar-refractivity contribution in [2.24, 2.45) is 0 Å². The maximum Gasteiger partial charge on any atom is 0.306 e. The van der Waals surface area contributed by atoms with Gasteiger partial charge in [-0.2, -0.15) is 4.39 Å². The molecule has 23 heavy (non-hydrogen) atoms. The van der Waals surface area contributed by atoms with Gasteiger partial charge in [0.1, 0.15) is 0 Å². The quantitative estimate of drug-likeness (QED) is 0.453. The van der Waals surface area contributed by atoms with Crippen molar-refractivity contribution in [3.8, 4) is 0 Å². The minimum atomic E-state index is -0.940. The van der Waals surface area contributed by atoms with Gasteiger partial charge in [0, 0.05) is 21.1 Å². The van der Waals surface area contributed by atoms with Gasteiger partial charge in [0.25, 0.3) is 0 Å². The molecule has 2 aromatic carbocycles. The van der Waals surface area contributed by atoms with Crippen molar-refractivity contribution in [3.63, 3.8) is 0 Å². The number of halogens is 2. The zero-order chi connectivity index (χ0) is 17.0. The molecule has 0 aliphatic carbocycles. The van der Waals surface area contributed by atoms with Gasteiger partial charge < -0.3 is 5.32 Å². The summed E-state index contributed by atoms with van der Waals surface area (Å²) in [5.74, 6) is -1.26. The number of hydrogen-bond acceptors (Lipinski definition) is 4. The number of carbonyl (C=O) groups is 1. The summed E-state index contributed by atoms with van der Waals surface area (Å²) in [6.07, 6.45) is 0. The number of amides is 1. The van der Waals surface area contributed by atoms with Gasteiger partial charge in [-0.3, -0.25) is 14.9 Å². The van der Waals surface area contributed by atoms with Crippen LogP contribution in [0.5, 0.6) is 0 Å². The van der Waals surface area contributed by atoms with E-state index in [1.807, 2.05) is 24.3 Å². The number of rotatable bonds is 5. The molecule has 1 amide bonds. The third-order valence-electron chi connectivity index (χ3n) is 2.91.